The molecule has 0 aliphatic heterocycles. The number of primary amides is 1. The van der Waals surface area contributed by atoms with Crippen molar-refractivity contribution in [2.45, 2.75) is 13.5 Å². The van der Waals surface area contributed by atoms with E-state index in [0.29, 0.717) is 12.3 Å². The van der Waals surface area contributed by atoms with Crippen LogP contribution in [0.3, 0.4) is 0 Å². The van der Waals surface area contributed by atoms with Crippen molar-refractivity contribution in [3.63, 3.8) is 0 Å². The van der Waals surface area contributed by atoms with Crippen LogP contribution in [0.25, 0.3) is 5.69 Å². The lowest BCUT2D eigenvalue weighted by molar-refractivity contribution is 0.0946. The highest BCUT2D eigenvalue weighted by atomic mass is 16.5. The van der Waals surface area contributed by atoms with E-state index in [0.717, 1.165) is 17.1 Å². The van der Waals surface area contributed by atoms with Crippen LogP contribution < -0.4 is 25.8 Å². The van der Waals surface area contributed by atoms with E-state index in [2.05, 4.69) is 15.7 Å². The Balaban J connectivity index is 1.79. The first-order valence-corrected chi connectivity index (χ1v) is 9.30. The molecule has 156 valence electrons. The Morgan fingerprint density at radius 1 is 1.07 bits per heavy atom. The second kappa shape index (κ2) is 9.46. The minimum atomic E-state index is -0.787. The van der Waals surface area contributed by atoms with Gasteiger partial charge in [0.2, 0.25) is 0 Å². The minimum absolute atomic E-state index is 0.0520. The highest BCUT2D eigenvalue weighted by Gasteiger charge is 2.18. The summed E-state index contributed by atoms with van der Waals surface area (Å²) in [5.74, 6) is 1.01. The first-order valence-electron chi connectivity index (χ1n) is 9.30. The number of hydrogen-bond acceptors (Lipinski definition) is 5. The van der Waals surface area contributed by atoms with Crippen molar-refractivity contribution in [3.05, 3.63) is 66.0 Å². The summed E-state index contributed by atoms with van der Waals surface area (Å²) in [5.41, 5.74) is 7.09. The van der Waals surface area contributed by atoms with Crippen LogP contribution in [0.5, 0.6) is 11.5 Å². The number of urea groups is 1. The first kappa shape index (κ1) is 20.7. The molecule has 1 heterocycles. The molecule has 1 aromatic heterocycles. The zero-order valence-corrected chi connectivity index (χ0v) is 16.7. The average Bonchev–Trinajstić information content (AvgIpc) is 3.16. The molecule has 0 bridgehead atoms. The van der Waals surface area contributed by atoms with Crippen molar-refractivity contribution in [2.24, 2.45) is 5.73 Å². The Kier molecular flexibility index (Phi) is 6.53. The van der Waals surface area contributed by atoms with Gasteiger partial charge in [-0.2, -0.15) is 5.10 Å². The maximum atomic E-state index is 12.7. The summed E-state index contributed by atoms with van der Waals surface area (Å²) in [6.45, 7) is 2.75. The summed E-state index contributed by atoms with van der Waals surface area (Å²) in [6, 6.07) is 13.7. The second-order valence-electron chi connectivity index (χ2n) is 6.28. The fraction of sp³-hybridized carbons (Fsp3) is 0.190. The molecule has 0 unspecified atom stereocenters. The number of nitrogens with zero attached hydrogens (tertiary/aromatic N) is 2. The molecule has 3 rings (SSSR count). The van der Waals surface area contributed by atoms with E-state index >= 15 is 0 Å². The van der Waals surface area contributed by atoms with E-state index in [1.165, 1.54) is 10.9 Å². The topological polar surface area (TPSA) is 120 Å². The summed E-state index contributed by atoms with van der Waals surface area (Å²) in [7, 11) is 1.59. The molecule has 2 aromatic carbocycles. The molecule has 3 aromatic rings. The van der Waals surface area contributed by atoms with Gasteiger partial charge in [-0.05, 0) is 48.9 Å². The number of amides is 3. The van der Waals surface area contributed by atoms with E-state index < -0.39 is 11.9 Å². The molecule has 30 heavy (non-hydrogen) atoms. The number of ether oxygens (including phenoxy) is 2. The SMILES string of the molecule is CCOc1ccc(-n2cc(NC(N)=O)c(C(=O)NCc3ccc(OC)cc3)n2)cc1. The van der Waals surface area contributed by atoms with Gasteiger partial charge in [0.1, 0.15) is 11.5 Å². The van der Waals surface area contributed by atoms with Crippen molar-refractivity contribution in [2.75, 3.05) is 19.0 Å². The fourth-order valence-electron chi connectivity index (χ4n) is 2.77. The molecular formula is C21H23N5O4. The van der Waals surface area contributed by atoms with Crippen LogP contribution in [0.15, 0.2) is 54.7 Å². The Morgan fingerprint density at radius 2 is 1.73 bits per heavy atom. The predicted molar refractivity (Wildman–Crippen MR) is 112 cm³/mol. The lowest BCUT2D eigenvalue weighted by Crippen LogP contribution is -2.26. The first-order chi connectivity index (χ1) is 14.5. The number of nitrogens with two attached hydrogens (primary N) is 1. The summed E-state index contributed by atoms with van der Waals surface area (Å²) in [4.78, 5) is 24.1. The largest absolute Gasteiger partial charge is 0.497 e. The van der Waals surface area contributed by atoms with Gasteiger partial charge in [0.15, 0.2) is 5.69 Å². The zero-order valence-electron chi connectivity index (χ0n) is 16.7. The van der Waals surface area contributed by atoms with Crippen molar-refractivity contribution < 1.29 is 19.1 Å². The van der Waals surface area contributed by atoms with E-state index in [9.17, 15) is 9.59 Å². The third kappa shape index (κ3) is 5.07. The molecule has 9 nitrogen and oxygen atoms in total. The van der Waals surface area contributed by atoms with Gasteiger partial charge < -0.3 is 25.8 Å². The van der Waals surface area contributed by atoms with E-state index in [1.54, 1.807) is 31.4 Å². The van der Waals surface area contributed by atoms with Crippen LogP contribution >= 0.6 is 0 Å². The van der Waals surface area contributed by atoms with Crippen molar-refractivity contribution >= 4 is 17.6 Å². The number of methoxy groups -OCH3 is 1. The van der Waals surface area contributed by atoms with Gasteiger partial charge in [-0.3, -0.25) is 4.79 Å². The highest BCUT2D eigenvalue weighted by Crippen LogP contribution is 2.20. The lowest BCUT2D eigenvalue weighted by atomic mass is 10.2. The molecule has 0 saturated carbocycles. The lowest BCUT2D eigenvalue weighted by Gasteiger charge is -2.06. The Hall–Kier alpha value is -4.01. The third-order valence-corrected chi connectivity index (χ3v) is 4.21. The van der Waals surface area contributed by atoms with Gasteiger partial charge in [-0.25, -0.2) is 9.48 Å². The molecule has 0 radical (unpaired) electrons. The molecule has 0 fully saturated rings. The number of benzene rings is 2. The van der Waals surface area contributed by atoms with E-state index in [4.69, 9.17) is 15.2 Å². The zero-order chi connectivity index (χ0) is 21.5. The summed E-state index contributed by atoms with van der Waals surface area (Å²) >= 11 is 0. The van der Waals surface area contributed by atoms with Crippen LogP contribution in [0.1, 0.15) is 23.0 Å². The van der Waals surface area contributed by atoms with Gasteiger partial charge in [-0.15, -0.1) is 0 Å². The number of hydrogen-bond donors (Lipinski definition) is 3. The number of anilines is 1. The summed E-state index contributed by atoms with van der Waals surface area (Å²) < 4.78 is 12.0. The highest BCUT2D eigenvalue weighted by molar-refractivity contribution is 6.01. The van der Waals surface area contributed by atoms with Crippen molar-refractivity contribution in [1.29, 1.82) is 0 Å². The van der Waals surface area contributed by atoms with Crippen LogP contribution in [0.4, 0.5) is 10.5 Å². The molecule has 0 saturated heterocycles. The monoisotopic (exact) mass is 409 g/mol. The van der Waals surface area contributed by atoms with Crippen LogP contribution in [-0.2, 0) is 6.54 Å². The molecule has 4 N–H and O–H groups in total. The Bertz CT molecular complexity index is 1010. The summed E-state index contributed by atoms with van der Waals surface area (Å²) in [6.07, 6.45) is 1.53. The van der Waals surface area contributed by atoms with Crippen LogP contribution in [-0.4, -0.2) is 35.4 Å². The molecule has 0 spiro atoms. The van der Waals surface area contributed by atoms with Gasteiger partial charge in [-0.1, -0.05) is 12.1 Å². The minimum Gasteiger partial charge on any atom is -0.497 e. The van der Waals surface area contributed by atoms with Gasteiger partial charge in [0.25, 0.3) is 5.91 Å². The normalized spacial score (nSPS) is 10.3. The second-order valence-corrected chi connectivity index (χ2v) is 6.28. The number of rotatable bonds is 8. The fourth-order valence-corrected chi connectivity index (χ4v) is 2.77. The van der Waals surface area contributed by atoms with E-state index in [-0.39, 0.29) is 17.9 Å². The molecule has 0 atom stereocenters. The van der Waals surface area contributed by atoms with Crippen molar-refractivity contribution in [3.8, 4) is 17.2 Å². The van der Waals surface area contributed by atoms with Crippen molar-refractivity contribution in [1.82, 2.24) is 15.1 Å². The van der Waals surface area contributed by atoms with Gasteiger partial charge >= 0.3 is 6.03 Å². The van der Waals surface area contributed by atoms with Gasteiger partial charge in [0.05, 0.1) is 31.3 Å². The number of aromatic nitrogens is 2. The molecule has 9 heteroatoms. The number of carbonyl (C=O) groups excluding carboxylic acids is 2. The molecule has 0 aliphatic rings. The van der Waals surface area contributed by atoms with E-state index in [1.807, 2.05) is 31.2 Å². The molecule has 0 aliphatic carbocycles. The number of carbonyl (C=O) groups is 2. The maximum absolute atomic E-state index is 12.7. The third-order valence-electron chi connectivity index (χ3n) is 4.21. The van der Waals surface area contributed by atoms with Crippen LogP contribution in [0, 0.1) is 0 Å². The standard InChI is InChI=1S/C21H23N5O4/c1-3-30-17-10-6-15(7-11-17)26-13-18(24-21(22)28)19(25-26)20(27)23-12-14-4-8-16(29-2)9-5-14/h4-11,13H,3,12H2,1-2H3,(H,23,27)(H3,22,24,28). The average molecular weight is 409 g/mol. The molecular weight excluding hydrogens is 386 g/mol. The van der Waals surface area contributed by atoms with Crippen LogP contribution in [0.2, 0.25) is 0 Å². The Labute approximate surface area is 173 Å². The van der Waals surface area contributed by atoms with Gasteiger partial charge in [0, 0.05) is 6.54 Å². The Morgan fingerprint density at radius 3 is 2.33 bits per heavy atom. The quantitative estimate of drug-likeness (QED) is 0.528. The maximum Gasteiger partial charge on any atom is 0.316 e. The number of nitrogens with one attached hydrogen (secondary N) is 2. The molecule has 3 amide bonds. The summed E-state index contributed by atoms with van der Waals surface area (Å²) in [5, 5.41) is 9.55. The smallest absolute Gasteiger partial charge is 0.316 e. The predicted octanol–water partition coefficient (Wildman–Crippen LogP) is 2.70.